The Morgan fingerprint density at radius 3 is 1.80 bits per heavy atom. The van der Waals surface area contributed by atoms with Crippen molar-refractivity contribution in [3.8, 4) is 0 Å². The molecule has 5 heteroatoms. The van der Waals surface area contributed by atoms with Crippen molar-refractivity contribution in [1.29, 1.82) is 0 Å². The molecule has 20 heavy (non-hydrogen) atoms. The Morgan fingerprint density at radius 2 is 1.30 bits per heavy atom. The largest absolute Gasteiger partial charge is 0.394 e. The molecule has 1 atom stereocenters. The minimum absolute atomic E-state index is 0.0557. The summed E-state index contributed by atoms with van der Waals surface area (Å²) in [5.41, 5.74) is 0. The van der Waals surface area contributed by atoms with E-state index in [-0.39, 0.29) is 6.61 Å². The lowest BCUT2D eigenvalue weighted by Crippen LogP contribution is -2.14. The lowest BCUT2D eigenvalue weighted by atomic mass is 10.1. The van der Waals surface area contributed by atoms with Crippen LogP contribution in [0.5, 0.6) is 0 Å². The van der Waals surface area contributed by atoms with E-state index in [0.29, 0.717) is 52.2 Å². The summed E-state index contributed by atoms with van der Waals surface area (Å²) in [6, 6.07) is 0. The molecular formula is C15H32O5. The van der Waals surface area contributed by atoms with Crippen molar-refractivity contribution < 1.29 is 24.1 Å². The Hall–Kier alpha value is -0.200. The fourth-order valence-corrected chi connectivity index (χ4v) is 1.64. The number of rotatable bonds is 16. The Balaban J connectivity index is 3.02. The van der Waals surface area contributed by atoms with E-state index in [1.165, 1.54) is 19.3 Å². The van der Waals surface area contributed by atoms with Gasteiger partial charge in [-0.05, 0) is 12.3 Å². The minimum atomic E-state index is 0.0557. The molecule has 5 nitrogen and oxygen atoms in total. The number of aliphatic hydroxyl groups excluding tert-OH is 1. The highest BCUT2D eigenvalue weighted by molar-refractivity contribution is 4.50. The second-order valence-electron chi connectivity index (χ2n) is 4.88. The molecule has 0 radical (unpaired) electrons. The van der Waals surface area contributed by atoms with Gasteiger partial charge in [-0.15, -0.1) is 0 Å². The van der Waals surface area contributed by atoms with E-state index in [4.69, 9.17) is 24.1 Å². The summed E-state index contributed by atoms with van der Waals surface area (Å²) in [5.74, 6) is 0.636. The van der Waals surface area contributed by atoms with Gasteiger partial charge in [0.25, 0.3) is 0 Å². The van der Waals surface area contributed by atoms with Gasteiger partial charge in [0.2, 0.25) is 0 Å². The molecule has 0 amide bonds. The summed E-state index contributed by atoms with van der Waals surface area (Å²) in [7, 11) is 0. The highest BCUT2D eigenvalue weighted by Crippen LogP contribution is 2.07. The standard InChI is InChI=1S/C15H32O5/c1-3-4-5-15(2)14-20-13-12-19-11-10-18-9-8-17-7-6-16/h15-16H,3-14H2,1-2H3. The summed E-state index contributed by atoms with van der Waals surface area (Å²) in [6.07, 6.45) is 3.77. The van der Waals surface area contributed by atoms with Gasteiger partial charge in [-0.2, -0.15) is 0 Å². The lowest BCUT2D eigenvalue weighted by Gasteiger charge is -2.11. The molecule has 0 heterocycles. The Morgan fingerprint density at radius 1 is 0.800 bits per heavy atom. The Bertz CT molecular complexity index is 178. The van der Waals surface area contributed by atoms with Crippen LogP contribution in [0.25, 0.3) is 0 Å². The van der Waals surface area contributed by atoms with Crippen molar-refractivity contribution in [1.82, 2.24) is 0 Å². The first kappa shape index (κ1) is 19.8. The topological polar surface area (TPSA) is 57.2 Å². The summed E-state index contributed by atoms with van der Waals surface area (Å²) >= 11 is 0. The number of ether oxygens (including phenoxy) is 4. The van der Waals surface area contributed by atoms with E-state index in [9.17, 15) is 0 Å². The number of aliphatic hydroxyl groups is 1. The monoisotopic (exact) mass is 292 g/mol. The van der Waals surface area contributed by atoms with Gasteiger partial charge < -0.3 is 24.1 Å². The van der Waals surface area contributed by atoms with Gasteiger partial charge in [-0.25, -0.2) is 0 Å². The average Bonchev–Trinajstić information content (AvgIpc) is 2.46. The minimum Gasteiger partial charge on any atom is -0.394 e. The molecule has 0 saturated heterocycles. The van der Waals surface area contributed by atoms with Crippen LogP contribution in [0.1, 0.15) is 33.1 Å². The van der Waals surface area contributed by atoms with Gasteiger partial charge in [0.15, 0.2) is 0 Å². The van der Waals surface area contributed by atoms with Gasteiger partial charge in [0.05, 0.1) is 52.9 Å². The maximum absolute atomic E-state index is 8.49. The van der Waals surface area contributed by atoms with Crippen molar-refractivity contribution in [2.75, 3.05) is 59.5 Å². The summed E-state index contributed by atoms with van der Waals surface area (Å²) in [6.45, 7) is 9.14. The van der Waals surface area contributed by atoms with Gasteiger partial charge >= 0.3 is 0 Å². The quantitative estimate of drug-likeness (QED) is 0.440. The Kier molecular flexibility index (Phi) is 16.7. The fraction of sp³-hybridized carbons (Fsp3) is 1.00. The van der Waals surface area contributed by atoms with Crippen molar-refractivity contribution in [3.05, 3.63) is 0 Å². The first-order valence-corrected chi connectivity index (χ1v) is 7.73. The lowest BCUT2D eigenvalue weighted by molar-refractivity contribution is -0.00866. The van der Waals surface area contributed by atoms with E-state index in [2.05, 4.69) is 13.8 Å². The van der Waals surface area contributed by atoms with Crippen LogP contribution in [0.15, 0.2) is 0 Å². The normalized spacial score (nSPS) is 12.8. The van der Waals surface area contributed by atoms with Gasteiger partial charge in [-0.3, -0.25) is 0 Å². The molecule has 0 bridgehead atoms. The molecule has 122 valence electrons. The predicted octanol–water partition coefficient (Wildman–Crippen LogP) is 1.87. The third-order valence-corrected chi connectivity index (χ3v) is 2.80. The second kappa shape index (κ2) is 16.9. The van der Waals surface area contributed by atoms with Crippen molar-refractivity contribution >= 4 is 0 Å². The van der Waals surface area contributed by atoms with Gasteiger partial charge in [0, 0.05) is 6.61 Å². The Labute approximate surface area is 123 Å². The molecule has 0 aliphatic rings. The summed E-state index contributed by atoms with van der Waals surface area (Å²) < 4.78 is 21.3. The zero-order chi connectivity index (χ0) is 14.9. The summed E-state index contributed by atoms with van der Waals surface area (Å²) in [5, 5.41) is 8.49. The SMILES string of the molecule is CCCCC(C)COCCOCCOCCOCCO. The molecule has 0 aromatic rings. The van der Waals surface area contributed by atoms with E-state index < -0.39 is 0 Å². The summed E-state index contributed by atoms with van der Waals surface area (Å²) in [4.78, 5) is 0. The van der Waals surface area contributed by atoms with Crippen LogP contribution in [0.4, 0.5) is 0 Å². The fourth-order valence-electron chi connectivity index (χ4n) is 1.64. The molecule has 0 rings (SSSR count). The first-order chi connectivity index (χ1) is 9.81. The van der Waals surface area contributed by atoms with E-state index in [1.807, 2.05) is 0 Å². The number of unbranched alkanes of at least 4 members (excludes halogenated alkanes) is 1. The van der Waals surface area contributed by atoms with Crippen molar-refractivity contribution in [2.45, 2.75) is 33.1 Å². The highest BCUT2D eigenvalue weighted by atomic mass is 16.6. The van der Waals surface area contributed by atoms with Crippen LogP contribution in [0.3, 0.4) is 0 Å². The average molecular weight is 292 g/mol. The van der Waals surface area contributed by atoms with E-state index >= 15 is 0 Å². The van der Waals surface area contributed by atoms with Gasteiger partial charge in [-0.1, -0.05) is 26.7 Å². The van der Waals surface area contributed by atoms with E-state index in [0.717, 1.165) is 6.61 Å². The van der Waals surface area contributed by atoms with Crippen LogP contribution < -0.4 is 0 Å². The molecule has 0 aromatic carbocycles. The van der Waals surface area contributed by atoms with Crippen molar-refractivity contribution in [2.24, 2.45) is 5.92 Å². The predicted molar refractivity (Wildman–Crippen MR) is 79.1 cm³/mol. The maximum atomic E-state index is 8.49. The molecule has 1 unspecified atom stereocenters. The maximum Gasteiger partial charge on any atom is 0.0701 e. The molecule has 0 aliphatic heterocycles. The van der Waals surface area contributed by atoms with Crippen molar-refractivity contribution in [3.63, 3.8) is 0 Å². The number of hydrogen-bond acceptors (Lipinski definition) is 5. The first-order valence-electron chi connectivity index (χ1n) is 7.73. The molecule has 1 N–H and O–H groups in total. The van der Waals surface area contributed by atoms with Gasteiger partial charge in [0.1, 0.15) is 0 Å². The van der Waals surface area contributed by atoms with Crippen LogP contribution in [-0.4, -0.2) is 64.6 Å². The molecule has 0 fully saturated rings. The smallest absolute Gasteiger partial charge is 0.0701 e. The molecule has 0 aliphatic carbocycles. The second-order valence-corrected chi connectivity index (χ2v) is 4.88. The molecule has 0 saturated carbocycles. The zero-order valence-corrected chi connectivity index (χ0v) is 13.1. The molecule has 0 spiro atoms. The van der Waals surface area contributed by atoms with Crippen LogP contribution in [-0.2, 0) is 18.9 Å². The third-order valence-electron chi connectivity index (χ3n) is 2.80. The number of hydrogen-bond donors (Lipinski definition) is 1. The third kappa shape index (κ3) is 15.9. The van der Waals surface area contributed by atoms with E-state index in [1.54, 1.807) is 0 Å². The molecule has 0 aromatic heterocycles. The van der Waals surface area contributed by atoms with Crippen LogP contribution >= 0.6 is 0 Å². The molecular weight excluding hydrogens is 260 g/mol. The highest BCUT2D eigenvalue weighted by Gasteiger charge is 2.01. The van der Waals surface area contributed by atoms with Crippen LogP contribution in [0, 0.1) is 5.92 Å². The van der Waals surface area contributed by atoms with Crippen LogP contribution in [0.2, 0.25) is 0 Å². The zero-order valence-electron chi connectivity index (χ0n) is 13.1.